The van der Waals surface area contributed by atoms with Crippen molar-refractivity contribution < 1.29 is 9.53 Å². The molecule has 0 fully saturated rings. The molecule has 0 N–H and O–H groups in total. The van der Waals surface area contributed by atoms with Crippen LogP contribution < -0.4 is 4.90 Å². The molecule has 0 radical (unpaired) electrons. The lowest BCUT2D eigenvalue weighted by Crippen LogP contribution is -2.32. The molecule has 0 bridgehead atoms. The minimum Gasteiger partial charge on any atom is -0.372 e. The number of hydrogen-bond donors (Lipinski definition) is 0. The third kappa shape index (κ3) is 2.28. The summed E-state index contributed by atoms with van der Waals surface area (Å²) in [4.78, 5) is 13.6. The zero-order valence-corrected chi connectivity index (χ0v) is 10.8. The Morgan fingerprint density at radius 1 is 1.56 bits per heavy atom. The Kier molecular flexibility index (Phi) is 3.61. The maximum absolute atomic E-state index is 11.8. The second-order valence-electron chi connectivity index (χ2n) is 3.71. The van der Waals surface area contributed by atoms with Gasteiger partial charge in [-0.05, 0) is 37.1 Å². The molecule has 16 heavy (non-hydrogen) atoms. The van der Waals surface area contributed by atoms with Crippen molar-refractivity contribution in [3.8, 4) is 0 Å². The van der Waals surface area contributed by atoms with E-state index in [1.807, 2.05) is 19.1 Å². The Morgan fingerprint density at radius 2 is 2.38 bits per heavy atom. The van der Waals surface area contributed by atoms with Crippen LogP contribution in [-0.4, -0.2) is 25.7 Å². The van der Waals surface area contributed by atoms with Crippen molar-refractivity contribution in [2.45, 2.75) is 13.3 Å². The average Bonchev–Trinajstić information content (AvgIpc) is 2.68. The van der Waals surface area contributed by atoms with Crippen LogP contribution in [0, 0.1) is 0 Å². The van der Waals surface area contributed by atoms with E-state index in [0.29, 0.717) is 6.61 Å². The summed E-state index contributed by atoms with van der Waals surface area (Å²) in [6.45, 7) is 3.40. The molecule has 2 rings (SSSR count). The lowest BCUT2D eigenvalue weighted by Gasteiger charge is -2.17. The third-order valence-electron chi connectivity index (χ3n) is 2.67. The van der Waals surface area contributed by atoms with Gasteiger partial charge in [0.1, 0.15) is 6.61 Å². The van der Waals surface area contributed by atoms with E-state index in [9.17, 15) is 4.79 Å². The Labute approximate surface area is 104 Å². The number of hydrogen-bond acceptors (Lipinski definition) is 2. The molecule has 0 aromatic heterocycles. The van der Waals surface area contributed by atoms with E-state index in [4.69, 9.17) is 4.74 Å². The van der Waals surface area contributed by atoms with Gasteiger partial charge in [0, 0.05) is 23.3 Å². The van der Waals surface area contributed by atoms with E-state index in [0.717, 1.165) is 23.1 Å². The van der Waals surface area contributed by atoms with Gasteiger partial charge >= 0.3 is 0 Å². The van der Waals surface area contributed by atoms with Crippen LogP contribution in [0.5, 0.6) is 0 Å². The van der Waals surface area contributed by atoms with Gasteiger partial charge in [0.15, 0.2) is 0 Å². The fraction of sp³-hybridized carbons (Fsp3) is 0.417. The first-order valence-electron chi connectivity index (χ1n) is 5.39. The van der Waals surface area contributed by atoms with E-state index in [1.165, 1.54) is 5.56 Å². The average molecular weight is 284 g/mol. The van der Waals surface area contributed by atoms with Gasteiger partial charge in [-0.25, -0.2) is 0 Å². The largest absolute Gasteiger partial charge is 0.372 e. The molecular weight excluding hydrogens is 270 g/mol. The van der Waals surface area contributed by atoms with Crippen molar-refractivity contribution >= 4 is 27.5 Å². The summed E-state index contributed by atoms with van der Waals surface area (Å²) in [5, 5.41) is 0. The fourth-order valence-corrected chi connectivity index (χ4v) is 2.31. The minimum absolute atomic E-state index is 0.0444. The van der Waals surface area contributed by atoms with Gasteiger partial charge in [-0.1, -0.05) is 15.9 Å². The number of benzene rings is 1. The van der Waals surface area contributed by atoms with Crippen LogP contribution in [0.15, 0.2) is 22.7 Å². The minimum atomic E-state index is 0.0444. The molecule has 1 heterocycles. The molecular formula is C12H14BrNO2. The van der Waals surface area contributed by atoms with E-state index in [1.54, 1.807) is 4.90 Å². The molecule has 4 heteroatoms. The lowest BCUT2D eigenvalue weighted by atomic mass is 10.2. The highest BCUT2D eigenvalue weighted by Crippen LogP contribution is 2.30. The summed E-state index contributed by atoms with van der Waals surface area (Å²) >= 11 is 3.44. The molecule has 1 aromatic carbocycles. The number of rotatable bonds is 3. The van der Waals surface area contributed by atoms with Gasteiger partial charge < -0.3 is 9.64 Å². The quantitative estimate of drug-likeness (QED) is 0.853. The van der Waals surface area contributed by atoms with Crippen LogP contribution in [0.25, 0.3) is 0 Å². The molecule has 0 saturated carbocycles. The monoisotopic (exact) mass is 283 g/mol. The van der Waals surface area contributed by atoms with Gasteiger partial charge in [-0.15, -0.1) is 0 Å². The molecule has 1 aliphatic heterocycles. The van der Waals surface area contributed by atoms with Crippen LogP contribution in [0.1, 0.15) is 12.5 Å². The molecule has 1 aliphatic rings. The van der Waals surface area contributed by atoms with Crippen molar-refractivity contribution in [1.29, 1.82) is 0 Å². The number of halogens is 1. The molecule has 0 spiro atoms. The number of anilines is 1. The second-order valence-corrected chi connectivity index (χ2v) is 4.62. The molecule has 1 amide bonds. The Balaban J connectivity index is 2.14. The molecule has 3 nitrogen and oxygen atoms in total. The van der Waals surface area contributed by atoms with Crippen LogP contribution >= 0.6 is 15.9 Å². The summed E-state index contributed by atoms with van der Waals surface area (Å²) < 4.78 is 6.21. The zero-order chi connectivity index (χ0) is 11.5. The number of amides is 1. The van der Waals surface area contributed by atoms with Crippen LogP contribution in [0.3, 0.4) is 0 Å². The second kappa shape index (κ2) is 4.97. The molecule has 86 valence electrons. The first-order chi connectivity index (χ1) is 7.72. The highest BCUT2D eigenvalue weighted by atomic mass is 79.9. The lowest BCUT2D eigenvalue weighted by molar-refractivity contribution is -0.122. The predicted octanol–water partition coefficient (Wildman–Crippen LogP) is 2.37. The van der Waals surface area contributed by atoms with E-state index in [-0.39, 0.29) is 12.5 Å². The van der Waals surface area contributed by atoms with Crippen molar-refractivity contribution in [2.24, 2.45) is 0 Å². The van der Waals surface area contributed by atoms with E-state index in [2.05, 4.69) is 22.0 Å². The van der Waals surface area contributed by atoms with Gasteiger partial charge in [0.25, 0.3) is 5.91 Å². The van der Waals surface area contributed by atoms with E-state index >= 15 is 0 Å². The number of carbonyl (C=O) groups is 1. The zero-order valence-electron chi connectivity index (χ0n) is 9.20. The predicted molar refractivity (Wildman–Crippen MR) is 66.7 cm³/mol. The molecule has 0 saturated heterocycles. The Bertz CT molecular complexity index is 406. The summed E-state index contributed by atoms with van der Waals surface area (Å²) in [6, 6.07) is 6.02. The first-order valence-corrected chi connectivity index (χ1v) is 6.18. The van der Waals surface area contributed by atoms with Gasteiger partial charge in [0.2, 0.25) is 0 Å². The normalized spacial score (nSPS) is 14.0. The van der Waals surface area contributed by atoms with Crippen LogP contribution in [0.2, 0.25) is 0 Å². The summed E-state index contributed by atoms with van der Waals surface area (Å²) in [7, 11) is 0. The van der Waals surface area contributed by atoms with Crippen molar-refractivity contribution in [3.63, 3.8) is 0 Å². The maximum atomic E-state index is 11.8. The SMILES string of the molecule is CCOCC(=O)N1CCc2cc(Br)ccc21. The molecule has 0 unspecified atom stereocenters. The Hall–Kier alpha value is -0.870. The smallest absolute Gasteiger partial charge is 0.252 e. The van der Waals surface area contributed by atoms with Gasteiger partial charge in [-0.2, -0.15) is 0 Å². The third-order valence-corrected chi connectivity index (χ3v) is 3.16. The molecule has 0 aliphatic carbocycles. The topological polar surface area (TPSA) is 29.5 Å². The number of ether oxygens (including phenoxy) is 1. The molecule has 0 atom stereocenters. The highest BCUT2D eigenvalue weighted by molar-refractivity contribution is 9.10. The number of fused-ring (bicyclic) bond motifs is 1. The molecule has 1 aromatic rings. The highest BCUT2D eigenvalue weighted by Gasteiger charge is 2.24. The Morgan fingerprint density at radius 3 is 3.12 bits per heavy atom. The van der Waals surface area contributed by atoms with Gasteiger partial charge in [-0.3, -0.25) is 4.79 Å². The van der Waals surface area contributed by atoms with Crippen LogP contribution in [0.4, 0.5) is 5.69 Å². The number of carbonyl (C=O) groups excluding carboxylic acids is 1. The van der Waals surface area contributed by atoms with Crippen molar-refractivity contribution in [3.05, 3.63) is 28.2 Å². The fourth-order valence-electron chi connectivity index (χ4n) is 1.90. The summed E-state index contributed by atoms with van der Waals surface area (Å²) in [5.74, 6) is 0.0444. The van der Waals surface area contributed by atoms with Gasteiger partial charge in [0.05, 0.1) is 0 Å². The maximum Gasteiger partial charge on any atom is 0.252 e. The van der Waals surface area contributed by atoms with E-state index < -0.39 is 0 Å². The van der Waals surface area contributed by atoms with Crippen molar-refractivity contribution in [1.82, 2.24) is 0 Å². The number of nitrogens with zero attached hydrogens (tertiary/aromatic N) is 1. The summed E-state index contributed by atoms with van der Waals surface area (Å²) in [6.07, 6.45) is 0.923. The standard InChI is InChI=1S/C12H14BrNO2/c1-2-16-8-12(15)14-6-5-9-7-10(13)3-4-11(9)14/h3-4,7H,2,5-6,8H2,1H3. The summed E-state index contributed by atoms with van der Waals surface area (Å²) in [5.41, 5.74) is 2.24. The van der Waals surface area contributed by atoms with Crippen molar-refractivity contribution in [2.75, 3.05) is 24.7 Å². The van der Waals surface area contributed by atoms with Crippen LogP contribution in [-0.2, 0) is 16.0 Å². The first kappa shape index (κ1) is 11.6.